The van der Waals surface area contributed by atoms with Crippen molar-refractivity contribution in [1.29, 1.82) is 0 Å². The first kappa shape index (κ1) is 17.0. The fourth-order valence-corrected chi connectivity index (χ4v) is 4.81. The average Bonchev–Trinajstić information content (AvgIpc) is 3.21. The van der Waals surface area contributed by atoms with Crippen LogP contribution in [0.5, 0.6) is 11.5 Å². The lowest BCUT2D eigenvalue weighted by molar-refractivity contribution is -0.124. The Morgan fingerprint density at radius 1 is 1.33 bits per heavy atom. The summed E-state index contributed by atoms with van der Waals surface area (Å²) in [5.41, 5.74) is 0.883. The molecule has 24 heavy (non-hydrogen) atoms. The summed E-state index contributed by atoms with van der Waals surface area (Å²) < 4.78 is 36.4. The predicted octanol–water partition coefficient (Wildman–Crippen LogP) is 1.24. The van der Waals surface area contributed by atoms with Crippen LogP contribution in [-0.4, -0.2) is 43.8 Å². The zero-order valence-electron chi connectivity index (χ0n) is 13.7. The largest absolute Gasteiger partial charge is 0.454 e. The van der Waals surface area contributed by atoms with Crippen LogP contribution in [0.4, 0.5) is 0 Å². The number of amides is 1. The maximum Gasteiger partial charge on any atom is 0.238 e. The van der Waals surface area contributed by atoms with E-state index in [9.17, 15) is 13.2 Å². The zero-order valence-corrected chi connectivity index (χ0v) is 14.5. The highest BCUT2D eigenvalue weighted by molar-refractivity contribution is 7.89. The van der Waals surface area contributed by atoms with Crippen LogP contribution < -0.4 is 14.8 Å². The van der Waals surface area contributed by atoms with Gasteiger partial charge in [-0.2, -0.15) is 4.31 Å². The van der Waals surface area contributed by atoms with Crippen LogP contribution in [0.15, 0.2) is 18.2 Å². The number of rotatable bonds is 6. The van der Waals surface area contributed by atoms with Crippen molar-refractivity contribution in [3.05, 3.63) is 23.8 Å². The summed E-state index contributed by atoms with van der Waals surface area (Å²) in [4.78, 5) is 12.4. The van der Waals surface area contributed by atoms with E-state index in [4.69, 9.17) is 9.47 Å². The quantitative estimate of drug-likeness (QED) is 0.831. The van der Waals surface area contributed by atoms with E-state index in [0.717, 1.165) is 5.56 Å². The summed E-state index contributed by atoms with van der Waals surface area (Å²) in [6.07, 6.45) is 1.82. The smallest absolute Gasteiger partial charge is 0.238 e. The molecule has 0 spiro atoms. The molecule has 2 aliphatic rings. The molecule has 1 aromatic carbocycles. The Morgan fingerprint density at radius 3 is 2.92 bits per heavy atom. The van der Waals surface area contributed by atoms with Crippen LogP contribution in [0.2, 0.25) is 0 Å². The molecule has 1 saturated heterocycles. The molecule has 132 valence electrons. The number of hydrogen-bond donors (Lipinski definition) is 1. The van der Waals surface area contributed by atoms with Crippen LogP contribution in [0.1, 0.15) is 31.7 Å². The van der Waals surface area contributed by atoms with E-state index in [-0.39, 0.29) is 18.5 Å². The third-order valence-corrected chi connectivity index (χ3v) is 6.31. The summed E-state index contributed by atoms with van der Waals surface area (Å²) in [7, 11) is -3.36. The number of ether oxygens (including phenoxy) is 2. The molecule has 0 saturated carbocycles. The number of sulfonamides is 1. The summed E-state index contributed by atoms with van der Waals surface area (Å²) in [6, 6.07) is 4.88. The molecule has 7 nitrogen and oxygen atoms in total. The molecular weight excluding hydrogens is 332 g/mol. The monoisotopic (exact) mass is 354 g/mol. The van der Waals surface area contributed by atoms with Crippen LogP contribution >= 0.6 is 0 Å². The number of hydrogen-bond acceptors (Lipinski definition) is 5. The molecule has 0 radical (unpaired) electrons. The Labute approximate surface area is 142 Å². The summed E-state index contributed by atoms with van der Waals surface area (Å²) in [5, 5.41) is 2.83. The fourth-order valence-electron chi connectivity index (χ4n) is 3.07. The molecule has 1 N–H and O–H groups in total. The second-order valence-electron chi connectivity index (χ2n) is 5.99. The standard InChI is InChI=1S/C16H22N2O5S/c1-2-8-24(20,21)18-7-3-4-13(18)16(19)17-10-12-5-6-14-15(9-12)23-11-22-14/h5-6,9,13H,2-4,7-8,10-11H2,1H3,(H,17,19). The number of fused-ring (bicyclic) bond motifs is 1. The molecule has 2 heterocycles. The van der Waals surface area contributed by atoms with Crippen molar-refractivity contribution < 1.29 is 22.7 Å². The van der Waals surface area contributed by atoms with Gasteiger partial charge in [0.1, 0.15) is 6.04 Å². The van der Waals surface area contributed by atoms with E-state index in [2.05, 4.69) is 5.32 Å². The molecule has 0 bridgehead atoms. The fraction of sp³-hybridized carbons (Fsp3) is 0.562. The maximum atomic E-state index is 12.4. The zero-order chi connectivity index (χ0) is 17.2. The van der Waals surface area contributed by atoms with E-state index in [1.54, 1.807) is 6.07 Å². The third-order valence-electron chi connectivity index (χ3n) is 4.23. The lowest BCUT2D eigenvalue weighted by Gasteiger charge is -2.23. The highest BCUT2D eigenvalue weighted by atomic mass is 32.2. The van der Waals surface area contributed by atoms with Crippen molar-refractivity contribution >= 4 is 15.9 Å². The molecular formula is C16H22N2O5S. The molecule has 1 unspecified atom stereocenters. The van der Waals surface area contributed by atoms with Crippen molar-refractivity contribution in [2.75, 3.05) is 19.1 Å². The first-order chi connectivity index (χ1) is 11.5. The summed E-state index contributed by atoms with van der Waals surface area (Å²) in [5.74, 6) is 1.19. The van der Waals surface area contributed by atoms with Gasteiger partial charge in [-0.25, -0.2) is 8.42 Å². The van der Waals surface area contributed by atoms with Gasteiger partial charge >= 0.3 is 0 Å². The second-order valence-corrected chi connectivity index (χ2v) is 8.03. The molecule has 8 heteroatoms. The number of carbonyl (C=O) groups is 1. The highest BCUT2D eigenvalue weighted by Crippen LogP contribution is 2.32. The number of benzene rings is 1. The Kier molecular flexibility index (Phi) is 4.96. The molecule has 0 aliphatic carbocycles. The average molecular weight is 354 g/mol. The SMILES string of the molecule is CCCS(=O)(=O)N1CCCC1C(=O)NCc1ccc2c(c1)OCO2. The first-order valence-corrected chi connectivity index (χ1v) is 9.78. The molecule has 1 amide bonds. The predicted molar refractivity (Wildman–Crippen MR) is 88.2 cm³/mol. The molecule has 1 atom stereocenters. The van der Waals surface area contributed by atoms with Crippen molar-refractivity contribution in [2.45, 2.75) is 38.8 Å². The molecule has 3 rings (SSSR count). The number of nitrogens with zero attached hydrogens (tertiary/aromatic N) is 1. The van der Waals surface area contributed by atoms with Gasteiger partial charge < -0.3 is 14.8 Å². The second kappa shape index (κ2) is 6.98. The van der Waals surface area contributed by atoms with E-state index in [1.165, 1.54) is 4.31 Å². The lowest BCUT2D eigenvalue weighted by atomic mass is 10.2. The maximum absolute atomic E-state index is 12.4. The normalized spacial score (nSPS) is 20.3. The van der Waals surface area contributed by atoms with Crippen LogP contribution in [0, 0.1) is 0 Å². The van der Waals surface area contributed by atoms with Gasteiger partial charge in [-0.05, 0) is 37.0 Å². The first-order valence-electron chi connectivity index (χ1n) is 8.17. The Morgan fingerprint density at radius 2 is 2.12 bits per heavy atom. The van der Waals surface area contributed by atoms with Gasteiger partial charge in [-0.15, -0.1) is 0 Å². The van der Waals surface area contributed by atoms with Crippen LogP contribution in [-0.2, 0) is 21.4 Å². The molecule has 0 aromatic heterocycles. The molecule has 2 aliphatic heterocycles. The number of carbonyl (C=O) groups excluding carboxylic acids is 1. The van der Waals surface area contributed by atoms with Crippen LogP contribution in [0.25, 0.3) is 0 Å². The minimum atomic E-state index is -3.36. The highest BCUT2D eigenvalue weighted by Gasteiger charge is 2.37. The van der Waals surface area contributed by atoms with Crippen molar-refractivity contribution in [3.8, 4) is 11.5 Å². The topological polar surface area (TPSA) is 84.9 Å². The Balaban J connectivity index is 1.62. The summed E-state index contributed by atoms with van der Waals surface area (Å²) >= 11 is 0. The van der Waals surface area contributed by atoms with E-state index >= 15 is 0 Å². The number of nitrogens with one attached hydrogen (secondary N) is 1. The van der Waals surface area contributed by atoms with E-state index in [1.807, 2.05) is 19.1 Å². The van der Waals surface area contributed by atoms with Gasteiger partial charge in [0.15, 0.2) is 11.5 Å². The van der Waals surface area contributed by atoms with Crippen molar-refractivity contribution in [3.63, 3.8) is 0 Å². The van der Waals surface area contributed by atoms with Gasteiger partial charge in [0.25, 0.3) is 0 Å². The molecule has 1 fully saturated rings. The van der Waals surface area contributed by atoms with Crippen molar-refractivity contribution in [2.24, 2.45) is 0 Å². The van der Waals surface area contributed by atoms with Gasteiger partial charge in [0.05, 0.1) is 5.75 Å². The Hall–Kier alpha value is -1.80. The summed E-state index contributed by atoms with van der Waals surface area (Å²) in [6.45, 7) is 2.78. The minimum Gasteiger partial charge on any atom is -0.454 e. The van der Waals surface area contributed by atoms with Gasteiger partial charge in [0.2, 0.25) is 22.7 Å². The van der Waals surface area contributed by atoms with Crippen LogP contribution in [0.3, 0.4) is 0 Å². The van der Waals surface area contributed by atoms with E-state index in [0.29, 0.717) is 43.9 Å². The lowest BCUT2D eigenvalue weighted by Crippen LogP contribution is -2.46. The van der Waals surface area contributed by atoms with Crippen molar-refractivity contribution in [1.82, 2.24) is 9.62 Å². The minimum absolute atomic E-state index is 0.0823. The van der Waals surface area contributed by atoms with Gasteiger partial charge in [0, 0.05) is 13.1 Å². The van der Waals surface area contributed by atoms with E-state index < -0.39 is 16.1 Å². The Bertz CT molecular complexity index is 719. The third kappa shape index (κ3) is 3.49. The van der Waals surface area contributed by atoms with Gasteiger partial charge in [-0.1, -0.05) is 13.0 Å². The molecule has 1 aromatic rings. The van der Waals surface area contributed by atoms with Gasteiger partial charge in [-0.3, -0.25) is 4.79 Å².